The van der Waals surface area contributed by atoms with Gasteiger partial charge in [-0.3, -0.25) is 0 Å². The highest BCUT2D eigenvalue weighted by Crippen LogP contribution is 2.34. The Balaban J connectivity index is 2.15. The van der Waals surface area contributed by atoms with Crippen molar-refractivity contribution in [3.8, 4) is 5.75 Å². The van der Waals surface area contributed by atoms with Crippen LogP contribution >= 0.6 is 11.8 Å². The van der Waals surface area contributed by atoms with Crippen LogP contribution in [0, 0.1) is 0 Å². The van der Waals surface area contributed by atoms with Gasteiger partial charge in [0.05, 0.1) is 0 Å². The monoisotopic (exact) mass is 294 g/mol. The number of benzene rings is 1. The molecule has 0 amide bonds. The smallest absolute Gasteiger partial charge is 0.122 e. The number of rotatable bonds is 3. The molecule has 4 heteroatoms. The first-order valence-corrected chi connectivity index (χ1v) is 8.30. The van der Waals surface area contributed by atoms with Gasteiger partial charge in [-0.05, 0) is 26.5 Å². The van der Waals surface area contributed by atoms with Crippen LogP contribution in [0.3, 0.4) is 0 Å². The minimum absolute atomic E-state index is 0.169. The molecule has 1 heterocycles. The first kappa shape index (κ1) is 15.5. The van der Waals surface area contributed by atoms with Gasteiger partial charge in [-0.15, -0.1) is 0 Å². The van der Waals surface area contributed by atoms with Crippen molar-refractivity contribution in [2.24, 2.45) is 0 Å². The van der Waals surface area contributed by atoms with E-state index in [4.69, 9.17) is 0 Å². The van der Waals surface area contributed by atoms with Crippen molar-refractivity contribution in [1.29, 1.82) is 0 Å². The highest BCUT2D eigenvalue weighted by molar-refractivity contribution is 8.00. The fraction of sp³-hybridized carbons (Fsp3) is 0.625. The fourth-order valence-corrected chi connectivity index (χ4v) is 3.63. The molecule has 0 spiro atoms. The second kappa shape index (κ2) is 6.27. The molecular formula is C16H26N2OS. The zero-order valence-electron chi connectivity index (χ0n) is 12.9. The lowest BCUT2D eigenvalue weighted by Crippen LogP contribution is -2.27. The Kier molecular flexibility index (Phi) is 4.86. The van der Waals surface area contributed by atoms with Gasteiger partial charge in [-0.25, -0.2) is 0 Å². The zero-order valence-corrected chi connectivity index (χ0v) is 13.8. The molecule has 112 valence electrons. The van der Waals surface area contributed by atoms with E-state index >= 15 is 0 Å². The number of aromatic hydroxyl groups is 1. The largest absolute Gasteiger partial charge is 0.508 e. The number of phenolic OH excluding ortho intramolecular Hbond substituents is 1. The minimum atomic E-state index is 0.169. The quantitative estimate of drug-likeness (QED) is 0.896. The molecular weight excluding hydrogens is 268 g/mol. The van der Waals surface area contributed by atoms with Crippen LogP contribution in [0.25, 0.3) is 0 Å². The molecule has 1 saturated heterocycles. The number of hydrogen-bond donors (Lipinski definition) is 2. The first-order valence-electron chi connectivity index (χ1n) is 7.32. The Morgan fingerprint density at radius 2 is 2.10 bits per heavy atom. The lowest BCUT2D eigenvalue weighted by molar-refractivity contribution is 0.457. The highest BCUT2D eigenvalue weighted by Gasteiger charge is 2.24. The van der Waals surface area contributed by atoms with Gasteiger partial charge in [-0.2, -0.15) is 11.8 Å². The number of hydrogen-bond acceptors (Lipinski definition) is 4. The van der Waals surface area contributed by atoms with Crippen LogP contribution in [0.2, 0.25) is 0 Å². The van der Waals surface area contributed by atoms with Crippen LogP contribution in [0.4, 0.5) is 5.69 Å². The molecule has 2 N–H and O–H groups in total. The summed E-state index contributed by atoms with van der Waals surface area (Å²) in [5.41, 5.74) is 2.09. The van der Waals surface area contributed by atoms with Crippen molar-refractivity contribution in [3.05, 3.63) is 23.8 Å². The summed E-state index contributed by atoms with van der Waals surface area (Å²) in [6.07, 6.45) is 1.17. The molecule has 1 unspecified atom stereocenters. The summed E-state index contributed by atoms with van der Waals surface area (Å²) in [5, 5.41) is 13.4. The molecule has 1 fully saturated rings. The van der Waals surface area contributed by atoms with Gasteiger partial charge in [0.2, 0.25) is 0 Å². The third-order valence-electron chi connectivity index (χ3n) is 4.12. The van der Waals surface area contributed by atoms with Gasteiger partial charge in [0.25, 0.3) is 0 Å². The molecule has 0 saturated carbocycles. The summed E-state index contributed by atoms with van der Waals surface area (Å²) < 4.78 is 0.359. The van der Waals surface area contributed by atoms with Crippen molar-refractivity contribution in [2.45, 2.75) is 38.0 Å². The van der Waals surface area contributed by atoms with Crippen molar-refractivity contribution < 1.29 is 5.11 Å². The van der Waals surface area contributed by atoms with E-state index in [9.17, 15) is 5.11 Å². The van der Waals surface area contributed by atoms with Gasteiger partial charge in [-0.1, -0.05) is 19.9 Å². The maximum Gasteiger partial charge on any atom is 0.122 e. The molecule has 0 aromatic heterocycles. The van der Waals surface area contributed by atoms with Gasteiger partial charge >= 0.3 is 0 Å². The summed E-state index contributed by atoms with van der Waals surface area (Å²) in [5.74, 6) is 1.53. The van der Waals surface area contributed by atoms with Crippen molar-refractivity contribution >= 4 is 17.4 Å². The molecule has 1 aromatic carbocycles. The second-order valence-corrected chi connectivity index (χ2v) is 7.90. The van der Waals surface area contributed by atoms with Crippen LogP contribution in [0.15, 0.2) is 18.2 Å². The molecule has 1 aromatic rings. The Hall–Kier alpha value is -0.870. The van der Waals surface area contributed by atoms with Crippen LogP contribution < -0.4 is 10.2 Å². The molecule has 1 aliphatic heterocycles. The van der Waals surface area contributed by atoms with Crippen LogP contribution in [-0.4, -0.2) is 35.7 Å². The van der Waals surface area contributed by atoms with Crippen LogP contribution in [0.1, 0.15) is 38.8 Å². The molecule has 0 bridgehead atoms. The van der Waals surface area contributed by atoms with Crippen LogP contribution in [-0.2, 0) is 0 Å². The average Bonchev–Trinajstić information content (AvgIpc) is 2.59. The summed E-state index contributed by atoms with van der Waals surface area (Å²) in [7, 11) is 1.91. The molecule has 1 aliphatic rings. The number of phenols is 1. The number of nitrogens with zero attached hydrogens (tertiary/aromatic N) is 1. The molecule has 0 radical (unpaired) electrons. The molecule has 3 nitrogen and oxygen atoms in total. The highest BCUT2D eigenvalue weighted by atomic mass is 32.2. The van der Waals surface area contributed by atoms with Gasteiger partial charge in [0.15, 0.2) is 0 Å². The van der Waals surface area contributed by atoms with Crippen LogP contribution in [0.5, 0.6) is 5.75 Å². The molecule has 0 aliphatic carbocycles. The summed E-state index contributed by atoms with van der Waals surface area (Å²) >= 11 is 2.04. The number of nitrogens with one attached hydrogen (secondary N) is 1. The lowest BCUT2D eigenvalue weighted by Gasteiger charge is -2.25. The van der Waals surface area contributed by atoms with E-state index in [0.29, 0.717) is 10.5 Å². The normalized spacial score (nSPS) is 20.5. The summed E-state index contributed by atoms with van der Waals surface area (Å²) in [4.78, 5) is 2.38. The second-order valence-electron chi connectivity index (χ2n) is 6.10. The Morgan fingerprint density at radius 3 is 2.75 bits per heavy atom. The first-order chi connectivity index (χ1) is 9.43. The standard InChI is InChI=1S/C16H26N2OS/c1-12(17-4)14-6-5-13(11-15(14)19)18-8-7-16(2,3)20-10-9-18/h5-6,11-12,17,19H,7-10H2,1-4H3. The van der Waals surface area contributed by atoms with E-state index in [2.05, 4.69) is 37.1 Å². The molecule has 2 rings (SSSR count). The average molecular weight is 294 g/mol. The Bertz CT molecular complexity index is 462. The van der Waals surface area contributed by atoms with Crippen molar-refractivity contribution in [3.63, 3.8) is 0 Å². The Morgan fingerprint density at radius 1 is 1.35 bits per heavy atom. The van der Waals surface area contributed by atoms with Gasteiger partial charge < -0.3 is 15.3 Å². The van der Waals surface area contributed by atoms with E-state index < -0.39 is 0 Å². The SMILES string of the molecule is CNC(C)c1ccc(N2CCSC(C)(C)CC2)cc1O. The third-order valence-corrected chi connectivity index (χ3v) is 5.49. The van der Waals surface area contributed by atoms with Crippen molar-refractivity contribution in [1.82, 2.24) is 5.32 Å². The van der Waals surface area contributed by atoms with E-state index in [0.717, 1.165) is 30.1 Å². The zero-order chi connectivity index (χ0) is 14.8. The predicted octanol–water partition coefficient (Wildman–Crippen LogP) is 3.39. The predicted molar refractivity (Wildman–Crippen MR) is 88.9 cm³/mol. The van der Waals surface area contributed by atoms with Crippen molar-refractivity contribution in [2.75, 3.05) is 30.8 Å². The van der Waals surface area contributed by atoms with E-state index in [1.165, 1.54) is 6.42 Å². The maximum absolute atomic E-state index is 10.2. The molecule has 1 atom stereocenters. The summed E-state index contributed by atoms with van der Waals surface area (Å²) in [6, 6.07) is 6.25. The van der Waals surface area contributed by atoms with Gasteiger partial charge in [0.1, 0.15) is 5.75 Å². The van der Waals surface area contributed by atoms with E-state index in [1.54, 1.807) is 0 Å². The van der Waals surface area contributed by atoms with E-state index in [1.807, 2.05) is 30.9 Å². The maximum atomic E-state index is 10.2. The Labute approximate surface area is 126 Å². The summed E-state index contributed by atoms with van der Waals surface area (Å²) in [6.45, 7) is 8.79. The topological polar surface area (TPSA) is 35.5 Å². The van der Waals surface area contributed by atoms with E-state index in [-0.39, 0.29) is 6.04 Å². The lowest BCUT2D eigenvalue weighted by atomic mass is 10.1. The number of thioether (sulfide) groups is 1. The number of anilines is 1. The van der Waals surface area contributed by atoms with Gasteiger partial charge in [0, 0.05) is 46.9 Å². The third kappa shape index (κ3) is 3.61. The molecule has 20 heavy (non-hydrogen) atoms. The minimum Gasteiger partial charge on any atom is -0.508 e. The fourth-order valence-electron chi connectivity index (χ4n) is 2.53.